The van der Waals surface area contributed by atoms with E-state index >= 15 is 0 Å². The van der Waals surface area contributed by atoms with E-state index in [9.17, 15) is 4.39 Å². The lowest BCUT2D eigenvalue weighted by molar-refractivity contribution is 0.576. The van der Waals surface area contributed by atoms with Crippen molar-refractivity contribution in [2.24, 2.45) is 7.05 Å². The van der Waals surface area contributed by atoms with Gasteiger partial charge in [-0.15, -0.1) is 0 Å². The summed E-state index contributed by atoms with van der Waals surface area (Å²) in [6.45, 7) is 1.94. The molecule has 0 unspecified atom stereocenters. The standard InChI is InChI=1S/C15H14FN3O/c1-9-7-8-20-14(9)13-12(15(17)19(2)18-13)10-3-5-11(16)6-4-10/h3-8H,17H2,1-2H3. The number of aromatic nitrogens is 2. The molecule has 0 saturated heterocycles. The number of rotatable bonds is 2. The van der Waals surface area contributed by atoms with Crippen molar-refractivity contribution in [1.29, 1.82) is 0 Å². The maximum absolute atomic E-state index is 13.1. The molecule has 2 aromatic heterocycles. The van der Waals surface area contributed by atoms with E-state index in [2.05, 4.69) is 5.10 Å². The highest BCUT2D eigenvalue weighted by molar-refractivity contribution is 5.87. The lowest BCUT2D eigenvalue weighted by atomic mass is 10.0. The van der Waals surface area contributed by atoms with Crippen LogP contribution in [0, 0.1) is 12.7 Å². The van der Waals surface area contributed by atoms with Crippen LogP contribution >= 0.6 is 0 Å². The molecule has 0 saturated carbocycles. The molecule has 0 spiro atoms. The Labute approximate surface area is 115 Å². The van der Waals surface area contributed by atoms with Crippen molar-refractivity contribution in [3.8, 4) is 22.6 Å². The zero-order valence-electron chi connectivity index (χ0n) is 11.2. The predicted octanol–water partition coefficient (Wildman–Crippen LogP) is 3.38. The van der Waals surface area contributed by atoms with Crippen LogP contribution in [0.4, 0.5) is 10.2 Å². The molecule has 2 heterocycles. The van der Waals surface area contributed by atoms with E-state index in [1.165, 1.54) is 12.1 Å². The van der Waals surface area contributed by atoms with Gasteiger partial charge in [-0.2, -0.15) is 5.10 Å². The molecule has 5 heteroatoms. The third-order valence-electron chi connectivity index (χ3n) is 3.30. The molecule has 0 amide bonds. The Bertz CT molecular complexity index is 756. The molecule has 0 aliphatic rings. The first-order valence-electron chi connectivity index (χ1n) is 6.21. The third kappa shape index (κ3) is 1.87. The van der Waals surface area contributed by atoms with Gasteiger partial charge >= 0.3 is 0 Å². The highest BCUT2D eigenvalue weighted by Gasteiger charge is 2.20. The summed E-state index contributed by atoms with van der Waals surface area (Å²) in [5.41, 5.74) is 9.30. The van der Waals surface area contributed by atoms with Gasteiger partial charge in [-0.25, -0.2) is 4.39 Å². The van der Waals surface area contributed by atoms with Crippen molar-refractivity contribution in [2.45, 2.75) is 6.92 Å². The van der Waals surface area contributed by atoms with E-state index in [1.54, 1.807) is 30.1 Å². The molecule has 102 valence electrons. The molecular formula is C15H14FN3O. The summed E-state index contributed by atoms with van der Waals surface area (Å²) < 4.78 is 20.2. The number of furan rings is 1. The van der Waals surface area contributed by atoms with E-state index in [0.29, 0.717) is 17.3 Å². The van der Waals surface area contributed by atoms with E-state index in [1.807, 2.05) is 13.0 Å². The quantitative estimate of drug-likeness (QED) is 0.777. The van der Waals surface area contributed by atoms with Crippen LogP contribution in [-0.2, 0) is 7.05 Å². The van der Waals surface area contributed by atoms with E-state index in [-0.39, 0.29) is 5.82 Å². The van der Waals surface area contributed by atoms with Crippen molar-refractivity contribution in [2.75, 3.05) is 5.73 Å². The van der Waals surface area contributed by atoms with Crippen molar-refractivity contribution in [3.05, 3.63) is 48.0 Å². The zero-order valence-corrected chi connectivity index (χ0v) is 11.2. The summed E-state index contributed by atoms with van der Waals surface area (Å²) in [4.78, 5) is 0. The van der Waals surface area contributed by atoms with Crippen LogP contribution in [-0.4, -0.2) is 9.78 Å². The van der Waals surface area contributed by atoms with Crippen LogP contribution < -0.4 is 5.73 Å². The van der Waals surface area contributed by atoms with E-state index < -0.39 is 0 Å². The topological polar surface area (TPSA) is 57.0 Å². The monoisotopic (exact) mass is 271 g/mol. The summed E-state index contributed by atoms with van der Waals surface area (Å²) >= 11 is 0. The maximum Gasteiger partial charge on any atom is 0.157 e. The fourth-order valence-corrected chi connectivity index (χ4v) is 2.21. The molecule has 2 N–H and O–H groups in total. The largest absolute Gasteiger partial charge is 0.462 e. The first-order chi connectivity index (χ1) is 9.58. The van der Waals surface area contributed by atoms with Gasteiger partial charge in [-0.1, -0.05) is 12.1 Å². The Morgan fingerprint density at radius 2 is 1.90 bits per heavy atom. The summed E-state index contributed by atoms with van der Waals surface area (Å²) in [5, 5.41) is 4.42. The normalized spacial score (nSPS) is 10.9. The summed E-state index contributed by atoms with van der Waals surface area (Å²) in [7, 11) is 1.77. The second kappa shape index (κ2) is 4.52. The lowest BCUT2D eigenvalue weighted by Crippen LogP contribution is -1.97. The van der Waals surface area contributed by atoms with Gasteiger partial charge in [-0.05, 0) is 36.2 Å². The number of benzene rings is 1. The van der Waals surface area contributed by atoms with Gasteiger partial charge < -0.3 is 10.2 Å². The SMILES string of the molecule is Cc1ccoc1-c1nn(C)c(N)c1-c1ccc(F)cc1. The number of nitrogens with zero attached hydrogens (tertiary/aromatic N) is 2. The minimum Gasteiger partial charge on any atom is -0.462 e. The second-order valence-electron chi connectivity index (χ2n) is 4.67. The molecule has 0 radical (unpaired) electrons. The molecule has 0 aliphatic carbocycles. The van der Waals surface area contributed by atoms with Gasteiger partial charge in [-0.3, -0.25) is 4.68 Å². The molecule has 3 rings (SSSR count). The molecule has 3 aromatic rings. The summed E-state index contributed by atoms with van der Waals surface area (Å²) in [5.74, 6) is 0.908. The summed E-state index contributed by atoms with van der Waals surface area (Å²) in [6.07, 6.45) is 1.62. The Hall–Kier alpha value is -2.56. The molecule has 1 aromatic carbocycles. The van der Waals surface area contributed by atoms with Gasteiger partial charge in [0, 0.05) is 7.05 Å². The van der Waals surface area contributed by atoms with Crippen molar-refractivity contribution in [1.82, 2.24) is 9.78 Å². The maximum atomic E-state index is 13.1. The number of hydrogen-bond donors (Lipinski definition) is 1. The van der Waals surface area contributed by atoms with Crippen molar-refractivity contribution >= 4 is 5.82 Å². The minimum atomic E-state index is -0.285. The van der Waals surface area contributed by atoms with Gasteiger partial charge in [0.05, 0.1) is 11.8 Å². The van der Waals surface area contributed by atoms with Crippen LogP contribution in [0.25, 0.3) is 22.6 Å². The average molecular weight is 271 g/mol. The first kappa shape index (κ1) is 12.5. The van der Waals surface area contributed by atoms with Gasteiger partial charge in [0.25, 0.3) is 0 Å². The van der Waals surface area contributed by atoms with E-state index in [4.69, 9.17) is 10.2 Å². The Balaban J connectivity index is 2.25. The van der Waals surface area contributed by atoms with Crippen LogP contribution in [0.15, 0.2) is 41.0 Å². The predicted molar refractivity (Wildman–Crippen MR) is 75.5 cm³/mol. The molecule has 20 heavy (non-hydrogen) atoms. The first-order valence-corrected chi connectivity index (χ1v) is 6.21. The number of halogens is 1. The number of nitrogen functional groups attached to an aromatic ring is 1. The lowest BCUT2D eigenvalue weighted by Gasteiger charge is -2.03. The minimum absolute atomic E-state index is 0.285. The highest BCUT2D eigenvalue weighted by atomic mass is 19.1. The third-order valence-corrected chi connectivity index (χ3v) is 3.30. The van der Waals surface area contributed by atoms with E-state index in [0.717, 1.165) is 16.7 Å². The van der Waals surface area contributed by atoms with Crippen LogP contribution in [0.3, 0.4) is 0 Å². The molecule has 0 atom stereocenters. The smallest absolute Gasteiger partial charge is 0.157 e. The second-order valence-corrected chi connectivity index (χ2v) is 4.67. The molecular weight excluding hydrogens is 257 g/mol. The molecule has 0 fully saturated rings. The number of nitrogens with two attached hydrogens (primary N) is 1. The number of hydrogen-bond acceptors (Lipinski definition) is 3. The van der Waals surface area contributed by atoms with Gasteiger partial charge in [0.2, 0.25) is 0 Å². The zero-order chi connectivity index (χ0) is 14.3. The van der Waals surface area contributed by atoms with Gasteiger partial charge in [0.1, 0.15) is 17.3 Å². The fourth-order valence-electron chi connectivity index (χ4n) is 2.21. The average Bonchev–Trinajstić information content (AvgIpc) is 2.96. The molecule has 0 aliphatic heterocycles. The Morgan fingerprint density at radius 3 is 2.50 bits per heavy atom. The Morgan fingerprint density at radius 1 is 1.20 bits per heavy atom. The summed E-state index contributed by atoms with van der Waals surface area (Å²) in [6, 6.07) is 8.05. The van der Waals surface area contributed by atoms with Crippen LogP contribution in [0.2, 0.25) is 0 Å². The van der Waals surface area contributed by atoms with Gasteiger partial charge in [0.15, 0.2) is 5.76 Å². The van der Waals surface area contributed by atoms with Crippen LogP contribution in [0.1, 0.15) is 5.56 Å². The highest BCUT2D eigenvalue weighted by Crippen LogP contribution is 2.37. The Kier molecular flexibility index (Phi) is 2.82. The fraction of sp³-hybridized carbons (Fsp3) is 0.133. The van der Waals surface area contributed by atoms with Crippen LogP contribution in [0.5, 0.6) is 0 Å². The molecule has 0 bridgehead atoms. The molecule has 4 nitrogen and oxygen atoms in total. The number of anilines is 1. The van der Waals surface area contributed by atoms with Crippen molar-refractivity contribution < 1.29 is 8.81 Å². The number of aryl methyl sites for hydroxylation is 2. The van der Waals surface area contributed by atoms with Crippen molar-refractivity contribution in [3.63, 3.8) is 0 Å².